The molecule has 1 spiro atoms. The van der Waals surface area contributed by atoms with Crippen molar-refractivity contribution in [2.75, 3.05) is 31.2 Å². The third-order valence-corrected chi connectivity index (χ3v) is 8.76. The van der Waals surface area contributed by atoms with Crippen LogP contribution in [0.5, 0.6) is 0 Å². The molecule has 0 bridgehead atoms. The maximum atomic E-state index is 14.9. The van der Waals surface area contributed by atoms with Gasteiger partial charge in [0, 0.05) is 50.5 Å². The second-order valence-electron chi connectivity index (χ2n) is 11.6. The summed E-state index contributed by atoms with van der Waals surface area (Å²) in [5.74, 6) is -11.1. The number of alkyl halides is 6. The highest BCUT2D eigenvalue weighted by molar-refractivity contribution is 9.10. The van der Waals surface area contributed by atoms with Gasteiger partial charge >= 0.3 is 0 Å². The lowest BCUT2D eigenvalue weighted by Gasteiger charge is -2.54. The van der Waals surface area contributed by atoms with Crippen molar-refractivity contribution in [1.29, 1.82) is 0 Å². The average Bonchev–Trinajstić information content (AvgIpc) is 3.27. The van der Waals surface area contributed by atoms with Gasteiger partial charge in [0.05, 0.1) is 34.4 Å². The van der Waals surface area contributed by atoms with Crippen LogP contribution >= 0.6 is 15.9 Å². The second-order valence-corrected chi connectivity index (χ2v) is 12.5. The Hall–Kier alpha value is -3.14. The summed E-state index contributed by atoms with van der Waals surface area (Å²) >= 11 is 3.36. The molecule has 3 aromatic rings. The van der Waals surface area contributed by atoms with Crippen molar-refractivity contribution in [2.24, 2.45) is 5.41 Å². The third-order valence-electron chi connectivity index (χ3n) is 8.15. The average molecular weight is 694 g/mol. The maximum absolute atomic E-state index is 14.9. The molecule has 2 aromatic heterocycles. The van der Waals surface area contributed by atoms with E-state index in [0.29, 0.717) is 42.8 Å². The molecular weight excluding hydrogens is 670 g/mol. The number of ketones is 1. The van der Waals surface area contributed by atoms with Gasteiger partial charge in [-0.3, -0.25) is 9.48 Å². The Bertz CT molecular complexity index is 1580. The Morgan fingerprint density at radius 3 is 2.27 bits per heavy atom. The standard InChI is InChI=1S/C28H24BrF8N5O2/c29-19-8-38-25(41-10-26(11-41)12-44-13-26)39-21(19)15(3-14-4-16(30)7-17(31)5-14)6-18(43)9-42-23-20(22(40-42)24(32)33)27(34,35)1-2-28(23,36)37/h4-5,7-8,15,24H,1-3,6,9-13H2/t15-/m1/s1. The zero-order chi connectivity index (χ0) is 31.6. The fourth-order valence-corrected chi connectivity index (χ4v) is 6.62. The van der Waals surface area contributed by atoms with Gasteiger partial charge in [0.2, 0.25) is 5.95 Å². The molecule has 0 amide bonds. The number of hydrogen-bond donors (Lipinski definition) is 0. The summed E-state index contributed by atoms with van der Waals surface area (Å²) in [6, 6.07) is 2.80. The van der Waals surface area contributed by atoms with Gasteiger partial charge in [-0.05, 0) is 40.0 Å². The van der Waals surface area contributed by atoms with E-state index in [1.807, 2.05) is 4.90 Å². The van der Waals surface area contributed by atoms with E-state index in [1.165, 1.54) is 6.20 Å². The van der Waals surface area contributed by atoms with Gasteiger partial charge < -0.3 is 9.64 Å². The highest BCUT2D eigenvalue weighted by atomic mass is 79.9. The van der Waals surface area contributed by atoms with E-state index >= 15 is 0 Å². The number of rotatable bonds is 9. The molecule has 2 saturated heterocycles. The molecule has 1 aromatic carbocycles. The first-order valence-electron chi connectivity index (χ1n) is 13.6. The van der Waals surface area contributed by atoms with Crippen LogP contribution in [0.15, 0.2) is 28.9 Å². The molecule has 236 valence electrons. The molecular formula is C28H24BrF8N5O2. The lowest BCUT2D eigenvalue weighted by atomic mass is 9.78. The van der Waals surface area contributed by atoms with Gasteiger partial charge in [-0.25, -0.2) is 36.3 Å². The summed E-state index contributed by atoms with van der Waals surface area (Å²) < 4.78 is 120. The Kier molecular flexibility index (Phi) is 7.74. The molecule has 16 heteroatoms. The van der Waals surface area contributed by atoms with Crippen LogP contribution in [0.25, 0.3) is 0 Å². The minimum Gasteiger partial charge on any atom is -0.380 e. The fraction of sp³-hybridized carbons (Fsp3) is 0.500. The SMILES string of the molecule is O=C(C[C@@H](Cc1cc(F)cc(F)c1)c1nc(N2CC3(COC3)C2)ncc1Br)Cn1nc(C(F)F)c2c1C(F)(F)CCC2(F)F. The molecule has 7 nitrogen and oxygen atoms in total. The summed E-state index contributed by atoms with van der Waals surface area (Å²) in [5, 5.41) is 3.35. The number of Topliss-reactive ketones (excluding diaryl/α,β-unsaturated/α-hetero) is 1. The van der Waals surface area contributed by atoms with E-state index in [-0.39, 0.29) is 27.8 Å². The quantitative estimate of drug-likeness (QED) is 0.240. The van der Waals surface area contributed by atoms with Gasteiger partial charge in [-0.15, -0.1) is 0 Å². The molecule has 1 aliphatic carbocycles. The first-order chi connectivity index (χ1) is 20.7. The van der Waals surface area contributed by atoms with E-state index in [2.05, 4.69) is 31.0 Å². The molecule has 1 atom stereocenters. The molecule has 44 heavy (non-hydrogen) atoms. The number of ether oxygens (including phenoxy) is 1. The molecule has 0 unspecified atom stereocenters. The highest BCUT2D eigenvalue weighted by Gasteiger charge is 2.55. The zero-order valence-corrected chi connectivity index (χ0v) is 24.4. The first-order valence-corrected chi connectivity index (χ1v) is 14.4. The predicted octanol–water partition coefficient (Wildman–Crippen LogP) is 6.45. The number of fused-ring (bicyclic) bond motifs is 1. The number of anilines is 1. The van der Waals surface area contributed by atoms with Crippen LogP contribution in [0.3, 0.4) is 0 Å². The van der Waals surface area contributed by atoms with Crippen LogP contribution in [0.2, 0.25) is 0 Å². The van der Waals surface area contributed by atoms with Gasteiger partial charge in [0.1, 0.15) is 29.6 Å². The van der Waals surface area contributed by atoms with E-state index in [9.17, 15) is 39.9 Å². The van der Waals surface area contributed by atoms with Crippen LogP contribution in [0.4, 0.5) is 41.1 Å². The van der Waals surface area contributed by atoms with E-state index in [0.717, 1.165) is 12.1 Å². The maximum Gasteiger partial charge on any atom is 0.290 e. The molecule has 4 heterocycles. The molecule has 0 N–H and O–H groups in total. The topological polar surface area (TPSA) is 73.1 Å². The fourth-order valence-electron chi connectivity index (χ4n) is 6.11. The van der Waals surface area contributed by atoms with Crippen LogP contribution < -0.4 is 4.90 Å². The lowest BCUT2D eigenvalue weighted by molar-refractivity contribution is -0.127. The van der Waals surface area contributed by atoms with Gasteiger partial charge in [-0.1, -0.05) is 0 Å². The van der Waals surface area contributed by atoms with Crippen molar-refractivity contribution in [3.8, 4) is 0 Å². The Balaban J connectivity index is 1.32. The predicted molar refractivity (Wildman–Crippen MR) is 142 cm³/mol. The zero-order valence-electron chi connectivity index (χ0n) is 22.8. The number of benzene rings is 1. The van der Waals surface area contributed by atoms with Crippen LogP contribution in [0, 0.1) is 17.0 Å². The number of halogens is 9. The summed E-state index contributed by atoms with van der Waals surface area (Å²) in [6.45, 7) is 1.44. The number of aromatic nitrogens is 4. The monoisotopic (exact) mass is 693 g/mol. The largest absolute Gasteiger partial charge is 0.380 e. The van der Waals surface area contributed by atoms with Crippen molar-refractivity contribution >= 4 is 27.7 Å². The lowest BCUT2D eigenvalue weighted by Crippen LogP contribution is -2.66. The van der Waals surface area contributed by atoms with Crippen molar-refractivity contribution in [3.05, 3.63) is 68.7 Å². The summed E-state index contributed by atoms with van der Waals surface area (Å²) in [4.78, 5) is 24.2. The van der Waals surface area contributed by atoms with Gasteiger partial charge in [0.15, 0.2) is 5.78 Å². The Morgan fingerprint density at radius 1 is 1.00 bits per heavy atom. The van der Waals surface area contributed by atoms with Gasteiger partial charge in [0.25, 0.3) is 18.3 Å². The number of nitrogens with zero attached hydrogens (tertiary/aromatic N) is 5. The van der Waals surface area contributed by atoms with E-state index < -0.39 is 84.4 Å². The number of hydrogen-bond acceptors (Lipinski definition) is 6. The summed E-state index contributed by atoms with van der Waals surface area (Å²) in [5.41, 5.74) is -4.04. The number of carbonyl (C=O) groups is 1. The normalized spacial score (nSPS) is 20.3. The van der Waals surface area contributed by atoms with Crippen LogP contribution in [0.1, 0.15) is 59.8 Å². The minimum absolute atomic E-state index is 0.0178. The van der Waals surface area contributed by atoms with Crippen LogP contribution in [-0.4, -0.2) is 51.8 Å². The third kappa shape index (κ3) is 5.70. The summed E-state index contributed by atoms with van der Waals surface area (Å²) in [7, 11) is 0. The number of carbonyl (C=O) groups excluding carboxylic acids is 1. The molecule has 0 saturated carbocycles. The smallest absolute Gasteiger partial charge is 0.290 e. The van der Waals surface area contributed by atoms with Crippen molar-refractivity contribution in [2.45, 2.75) is 56.4 Å². The molecule has 6 rings (SSSR count). The molecule has 2 fully saturated rings. The van der Waals surface area contributed by atoms with E-state index in [4.69, 9.17) is 4.74 Å². The van der Waals surface area contributed by atoms with Crippen molar-refractivity contribution < 1.29 is 44.7 Å². The van der Waals surface area contributed by atoms with E-state index in [1.54, 1.807) is 0 Å². The molecule has 3 aliphatic rings. The Morgan fingerprint density at radius 2 is 1.66 bits per heavy atom. The van der Waals surface area contributed by atoms with Crippen LogP contribution in [-0.2, 0) is 34.3 Å². The molecule has 2 aliphatic heterocycles. The van der Waals surface area contributed by atoms with Crippen molar-refractivity contribution in [1.82, 2.24) is 19.7 Å². The van der Waals surface area contributed by atoms with Gasteiger partial charge in [-0.2, -0.15) is 13.9 Å². The first kappa shape index (κ1) is 30.9. The van der Waals surface area contributed by atoms with Crippen molar-refractivity contribution in [3.63, 3.8) is 0 Å². The highest BCUT2D eigenvalue weighted by Crippen LogP contribution is 2.52. The second kappa shape index (κ2) is 11.0. The minimum atomic E-state index is -3.99. The molecule has 0 radical (unpaired) electrons. The Labute approximate surface area is 253 Å². The summed E-state index contributed by atoms with van der Waals surface area (Å²) in [6.07, 6.45) is -5.42.